The molecule has 0 fully saturated rings. The third-order valence-electron chi connectivity index (χ3n) is 2.69. The molecule has 0 atom stereocenters. The molecule has 1 aromatic carbocycles. The van der Waals surface area contributed by atoms with Crippen molar-refractivity contribution in [3.05, 3.63) is 41.7 Å². The summed E-state index contributed by atoms with van der Waals surface area (Å²) in [7, 11) is 0. The van der Waals surface area contributed by atoms with E-state index in [4.69, 9.17) is 5.73 Å². The fourth-order valence-electron chi connectivity index (χ4n) is 1.86. The van der Waals surface area contributed by atoms with Crippen LogP contribution in [-0.4, -0.2) is 4.98 Å². The lowest BCUT2D eigenvalue weighted by molar-refractivity contribution is 0.875. The molecule has 2 heteroatoms. The van der Waals surface area contributed by atoms with Gasteiger partial charge in [-0.2, -0.15) is 0 Å². The summed E-state index contributed by atoms with van der Waals surface area (Å²) in [6, 6.07) is 8.44. The highest BCUT2D eigenvalue weighted by molar-refractivity contribution is 5.85. The molecule has 0 unspecified atom stereocenters. The average molecular weight is 200 g/mol. The van der Waals surface area contributed by atoms with E-state index in [1.807, 2.05) is 6.20 Å². The first-order chi connectivity index (χ1) is 7.22. The van der Waals surface area contributed by atoms with Gasteiger partial charge in [0.15, 0.2) is 0 Å². The van der Waals surface area contributed by atoms with Crippen LogP contribution < -0.4 is 5.73 Å². The number of aromatic nitrogens is 1. The van der Waals surface area contributed by atoms with Gasteiger partial charge in [0.25, 0.3) is 0 Å². The van der Waals surface area contributed by atoms with Crippen LogP contribution in [0.25, 0.3) is 10.8 Å². The minimum Gasteiger partial charge on any atom is -0.325 e. The number of hydrogen-bond acceptors (Lipinski definition) is 2. The zero-order valence-electron chi connectivity index (χ0n) is 9.20. The Labute approximate surface area is 90.1 Å². The van der Waals surface area contributed by atoms with Crippen LogP contribution in [0.15, 0.2) is 30.5 Å². The van der Waals surface area contributed by atoms with Crippen LogP contribution in [0.3, 0.4) is 0 Å². The summed E-state index contributed by atoms with van der Waals surface area (Å²) in [6.45, 7) is 4.90. The van der Waals surface area contributed by atoms with Crippen LogP contribution in [0.5, 0.6) is 0 Å². The SMILES string of the molecule is CC(C)c1cccc2cc(CN)ncc12. The van der Waals surface area contributed by atoms with E-state index in [0.29, 0.717) is 12.5 Å². The highest BCUT2D eigenvalue weighted by atomic mass is 14.7. The minimum absolute atomic E-state index is 0.502. The summed E-state index contributed by atoms with van der Waals surface area (Å²) in [5, 5.41) is 2.47. The summed E-state index contributed by atoms with van der Waals surface area (Å²) in [6.07, 6.45) is 1.94. The Morgan fingerprint density at radius 3 is 2.80 bits per heavy atom. The van der Waals surface area contributed by atoms with Crippen LogP contribution in [0, 0.1) is 0 Å². The van der Waals surface area contributed by atoms with Crippen LogP contribution in [0.4, 0.5) is 0 Å². The van der Waals surface area contributed by atoms with E-state index < -0.39 is 0 Å². The maximum atomic E-state index is 5.58. The van der Waals surface area contributed by atoms with E-state index in [1.54, 1.807) is 0 Å². The topological polar surface area (TPSA) is 38.9 Å². The first-order valence-corrected chi connectivity index (χ1v) is 5.30. The zero-order valence-corrected chi connectivity index (χ0v) is 9.20. The third-order valence-corrected chi connectivity index (χ3v) is 2.69. The summed E-state index contributed by atoms with van der Waals surface area (Å²) >= 11 is 0. The lowest BCUT2D eigenvalue weighted by Crippen LogP contribution is -1.99. The lowest BCUT2D eigenvalue weighted by Gasteiger charge is -2.09. The van der Waals surface area contributed by atoms with Gasteiger partial charge in [-0.1, -0.05) is 32.0 Å². The largest absolute Gasteiger partial charge is 0.325 e. The molecule has 15 heavy (non-hydrogen) atoms. The number of fused-ring (bicyclic) bond motifs is 1. The molecule has 0 aliphatic carbocycles. The van der Waals surface area contributed by atoms with Gasteiger partial charge in [-0.15, -0.1) is 0 Å². The van der Waals surface area contributed by atoms with E-state index in [9.17, 15) is 0 Å². The van der Waals surface area contributed by atoms with Crippen molar-refractivity contribution in [2.45, 2.75) is 26.3 Å². The van der Waals surface area contributed by atoms with Gasteiger partial charge in [0.1, 0.15) is 0 Å². The molecule has 0 spiro atoms. The molecule has 2 nitrogen and oxygen atoms in total. The fraction of sp³-hybridized carbons (Fsp3) is 0.308. The molecule has 2 aromatic rings. The first-order valence-electron chi connectivity index (χ1n) is 5.30. The van der Waals surface area contributed by atoms with Gasteiger partial charge in [-0.3, -0.25) is 4.98 Å². The van der Waals surface area contributed by atoms with Gasteiger partial charge >= 0.3 is 0 Å². The predicted octanol–water partition coefficient (Wildman–Crippen LogP) is 2.82. The van der Waals surface area contributed by atoms with E-state index in [1.165, 1.54) is 16.3 Å². The normalized spacial score (nSPS) is 11.2. The second kappa shape index (κ2) is 3.99. The van der Waals surface area contributed by atoms with Gasteiger partial charge in [0.05, 0.1) is 5.69 Å². The molecule has 0 radical (unpaired) electrons. The summed E-state index contributed by atoms with van der Waals surface area (Å²) in [4.78, 5) is 4.34. The van der Waals surface area contributed by atoms with Crippen molar-refractivity contribution in [2.24, 2.45) is 5.73 Å². The van der Waals surface area contributed by atoms with E-state index in [0.717, 1.165) is 5.69 Å². The van der Waals surface area contributed by atoms with Gasteiger partial charge in [-0.05, 0) is 22.9 Å². The molecule has 0 saturated carbocycles. The van der Waals surface area contributed by atoms with Gasteiger partial charge in [0.2, 0.25) is 0 Å². The molecule has 0 aliphatic heterocycles. The maximum absolute atomic E-state index is 5.58. The Hall–Kier alpha value is -1.41. The van der Waals surface area contributed by atoms with Crippen molar-refractivity contribution in [3.8, 4) is 0 Å². The zero-order chi connectivity index (χ0) is 10.8. The molecule has 1 heterocycles. The Bertz CT molecular complexity index is 475. The standard InChI is InChI=1S/C13H16N2/c1-9(2)12-5-3-4-10-6-11(7-14)15-8-13(10)12/h3-6,8-9H,7,14H2,1-2H3. The lowest BCUT2D eigenvalue weighted by atomic mass is 9.97. The smallest absolute Gasteiger partial charge is 0.0545 e. The summed E-state index contributed by atoms with van der Waals surface area (Å²) in [5.41, 5.74) is 7.87. The van der Waals surface area contributed by atoms with Crippen LogP contribution in [0.2, 0.25) is 0 Å². The van der Waals surface area contributed by atoms with Gasteiger partial charge < -0.3 is 5.73 Å². The number of pyridine rings is 1. The Morgan fingerprint density at radius 2 is 2.13 bits per heavy atom. The quantitative estimate of drug-likeness (QED) is 0.809. The van der Waals surface area contributed by atoms with Crippen molar-refractivity contribution in [3.63, 3.8) is 0 Å². The molecule has 2 N–H and O–H groups in total. The predicted molar refractivity (Wildman–Crippen MR) is 63.7 cm³/mol. The number of rotatable bonds is 2. The second-order valence-electron chi connectivity index (χ2n) is 4.10. The monoisotopic (exact) mass is 200 g/mol. The molecule has 2 rings (SSSR count). The molecule has 1 aromatic heterocycles. The number of nitrogens with zero attached hydrogens (tertiary/aromatic N) is 1. The highest BCUT2D eigenvalue weighted by Crippen LogP contribution is 2.24. The maximum Gasteiger partial charge on any atom is 0.0545 e. The van der Waals surface area contributed by atoms with Crippen LogP contribution in [0.1, 0.15) is 31.0 Å². The molecular formula is C13H16N2. The molecule has 0 aliphatic rings. The van der Waals surface area contributed by atoms with E-state index in [-0.39, 0.29) is 0 Å². The molecular weight excluding hydrogens is 184 g/mol. The van der Waals surface area contributed by atoms with Crippen molar-refractivity contribution in [1.82, 2.24) is 4.98 Å². The summed E-state index contributed by atoms with van der Waals surface area (Å²) < 4.78 is 0. The van der Waals surface area contributed by atoms with Crippen LogP contribution in [-0.2, 0) is 6.54 Å². The Kier molecular flexibility index (Phi) is 2.69. The number of hydrogen-bond donors (Lipinski definition) is 1. The molecule has 0 amide bonds. The van der Waals surface area contributed by atoms with Crippen molar-refractivity contribution < 1.29 is 0 Å². The molecule has 78 valence electrons. The number of nitrogens with two attached hydrogens (primary N) is 1. The van der Waals surface area contributed by atoms with Crippen LogP contribution >= 0.6 is 0 Å². The average Bonchev–Trinajstić information content (AvgIpc) is 2.27. The van der Waals surface area contributed by atoms with Crippen molar-refractivity contribution >= 4 is 10.8 Å². The van der Waals surface area contributed by atoms with E-state index in [2.05, 4.69) is 43.1 Å². The minimum atomic E-state index is 0.502. The first kappa shape index (κ1) is 10.1. The van der Waals surface area contributed by atoms with Crippen molar-refractivity contribution in [1.29, 1.82) is 0 Å². The third kappa shape index (κ3) is 1.85. The number of benzene rings is 1. The molecule has 0 saturated heterocycles. The van der Waals surface area contributed by atoms with E-state index >= 15 is 0 Å². The summed E-state index contributed by atoms with van der Waals surface area (Å²) in [5.74, 6) is 0.527. The fourth-order valence-corrected chi connectivity index (χ4v) is 1.86. The molecule has 0 bridgehead atoms. The Morgan fingerprint density at radius 1 is 1.33 bits per heavy atom. The highest BCUT2D eigenvalue weighted by Gasteiger charge is 2.05. The Balaban J connectivity index is 2.67. The van der Waals surface area contributed by atoms with Gasteiger partial charge in [-0.25, -0.2) is 0 Å². The van der Waals surface area contributed by atoms with Crippen molar-refractivity contribution in [2.75, 3.05) is 0 Å². The second-order valence-corrected chi connectivity index (χ2v) is 4.10. The van der Waals surface area contributed by atoms with Gasteiger partial charge in [0, 0.05) is 18.1 Å².